The summed E-state index contributed by atoms with van der Waals surface area (Å²) in [5, 5.41) is 29.3. The number of carbonyl (C=O) groups excluding carboxylic acids is 1. The lowest BCUT2D eigenvalue weighted by Gasteiger charge is -2.24. The van der Waals surface area contributed by atoms with Gasteiger partial charge in [-0.2, -0.15) is 5.06 Å². The Kier molecular flexibility index (Phi) is 8.31. The number of rotatable bonds is 9. The molecular weight excluding hydrogens is 502 g/mol. The highest BCUT2D eigenvalue weighted by atomic mass is 35.5. The third-order valence-electron chi connectivity index (χ3n) is 7.52. The van der Waals surface area contributed by atoms with Gasteiger partial charge in [-0.1, -0.05) is 60.1 Å². The molecule has 0 spiro atoms. The van der Waals surface area contributed by atoms with Crippen molar-refractivity contribution in [2.75, 3.05) is 25.0 Å². The fourth-order valence-corrected chi connectivity index (χ4v) is 5.69. The molecule has 1 unspecified atom stereocenters. The van der Waals surface area contributed by atoms with Crippen LogP contribution in [0, 0.1) is 5.92 Å². The maximum Gasteiger partial charge on any atom is 0.240 e. The largest absolute Gasteiger partial charge is 0.396 e. The zero-order chi connectivity index (χ0) is 26.6. The van der Waals surface area contributed by atoms with Gasteiger partial charge in [-0.25, -0.2) is 0 Å². The van der Waals surface area contributed by atoms with Gasteiger partial charge >= 0.3 is 0 Å². The monoisotopic (exact) mass is 535 g/mol. The van der Waals surface area contributed by atoms with Crippen molar-refractivity contribution in [3.8, 4) is 11.1 Å². The van der Waals surface area contributed by atoms with E-state index in [-0.39, 0.29) is 12.5 Å². The zero-order valence-electron chi connectivity index (χ0n) is 21.4. The molecule has 5 rings (SSSR count). The second-order valence-corrected chi connectivity index (χ2v) is 10.6. The number of fused-ring (bicyclic) bond motifs is 1. The molecule has 200 valence electrons. The highest BCUT2D eigenvalue weighted by Crippen LogP contribution is 2.34. The standard InChI is InChI=1S/C30H34ClN3O4/c1-19(36)29-26(18-35)28(30(37)32-14-13-23-16-33-27-8-3-2-7-25(23)27)34(38-29)17-20-5-4-6-22(15-20)21-9-11-24(31)12-10-21/h2-12,15,19,23,26,28-29,33,35-36H,13-14,16-18H2,1H3,(H,32,37)/t19-,23?,26-,28-,29-/m0/s1. The molecule has 1 saturated heterocycles. The van der Waals surface area contributed by atoms with Gasteiger partial charge < -0.3 is 20.8 Å². The summed E-state index contributed by atoms with van der Waals surface area (Å²) < 4.78 is 0. The Morgan fingerprint density at radius 2 is 1.92 bits per heavy atom. The van der Waals surface area contributed by atoms with Crippen LogP contribution < -0.4 is 10.6 Å². The molecular formula is C30H34ClN3O4. The van der Waals surface area contributed by atoms with Crippen molar-refractivity contribution >= 4 is 23.2 Å². The number of halogens is 1. The molecule has 3 aromatic rings. The van der Waals surface area contributed by atoms with Gasteiger partial charge in [-0.05, 0) is 59.9 Å². The predicted octanol–water partition coefficient (Wildman–Crippen LogP) is 4.20. The topological polar surface area (TPSA) is 94.1 Å². The number of amides is 1. The quantitative estimate of drug-likeness (QED) is 0.328. The Hall–Kier alpha value is -2.94. The number of anilines is 1. The van der Waals surface area contributed by atoms with Crippen LogP contribution in [0.3, 0.4) is 0 Å². The lowest BCUT2D eigenvalue weighted by molar-refractivity contribution is -0.192. The van der Waals surface area contributed by atoms with Crippen molar-refractivity contribution < 1.29 is 19.8 Å². The van der Waals surface area contributed by atoms with E-state index in [1.165, 1.54) is 5.56 Å². The van der Waals surface area contributed by atoms with Gasteiger partial charge in [0.25, 0.3) is 0 Å². The molecule has 2 aliphatic heterocycles. The number of aliphatic hydroxyl groups excluding tert-OH is 2. The SMILES string of the molecule is C[C@H](O)[C@@H]1ON(Cc2cccc(-c3ccc(Cl)cc3)c2)[C@H](C(=O)NCCC2CNc3ccccc32)[C@@H]1CO. The maximum atomic E-state index is 13.5. The number of hydrogen-bond acceptors (Lipinski definition) is 6. The fourth-order valence-electron chi connectivity index (χ4n) is 5.56. The van der Waals surface area contributed by atoms with Crippen molar-refractivity contribution in [3.05, 3.63) is 88.9 Å². The lowest BCUT2D eigenvalue weighted by Crippen LogP contribution is -2.47. The fraction of sp³-hybridized carbons (Fsp3) is 0.367. The summed E-state index contributed by atoms with van der Waals surface area (Å²) in [5.41, 5.74) is 5.43. The number of carbonyl (C=O) groups is 1. The molecule has 0 aromatic heterocycles. The van der Waals surface area contributed by atoms with Crippen molar-refractivity contribution in [3.63, 3.8) is 0 Å². The van der Waals surface area contributed by atoms with Crippen LogP contribution in [0.25, 0.3) is 11.1 Å². The molecule has 2 heterocycles. The van der Waals surface area contributed by atoms with Crippen LogP contribution in [0.15, 0.2) is 72.8 Å². The van der Waals surface area contributed by atoms with Gasteiger partial charge in [-0.15, -0.1) is 0 Å². The van der Waals surface area contributed by atoms with Gasteiger partial charge in [0.05, 0.1) is 19.3 Å². The molecule has 0 saturated carbocycles. The second-order valence-electron chi connectivity index (χ2n) is 10.1. The van der Waals surface area contributed by atoms with Crippen LogP contribution in [-0.4, -0.2) is 59.1 Å². The zero-order valence-corrected chi connectivity index (χ0v) is 22.1. The molecule has 0 radical (unpaired) electrons. The first-order valence-corrected chi connectivity index (χ1v) is 13.5. The van der Waals surface area contributed by atoms with Crippen LogP contribution in [0.1, 0.15) is 30.4 Å². The van der Waals surface area contributed by atoms with Crippen molar-refractivity contribution in [2.45, 2.75) is 44.1 Å². The van der Waals surface area contributed by atoms with Gasteiger partial charge in [-0.3, -0.25) is 9.63 Å². The van der Waals surface area contributed by atoms with Crippen LogP contribution in [0.2, 0.25) is 5.02 Å². The third kappa shape index (κ3) is 5.72. The van der Waals surface area contributed by atoms with E-state index >= 15 is 0 Å². The highest BCUT2D eigenvalue weighted by molar-refractivity contribution is 6.30. The molecule has 0 bridgehead atoms. The lowest BCUT2D eigenvalue weighted by atomic mass is 9.91. The second kappa shape index (κ2) is 11.8. The van der Waals surface area contributed by atoms with Gasteiger partial charge in [0.2, 0.25) is 5.91 Å². The molecule has 1 fully saturated rings. The first-order valence-electron chi connectivity index (χ1n) is 13.1. The number of hydroxylamine groups is 2. The van der Waals surface area contributed by atoms with Gasteiger partial charge in [0, 0.05) is 35.6 Å². The minimum absolute atomic E-state index is 0.208. The first-order chi connectivity index (χ1) is 18.4. The molecule has 0 aliphatic carbocycles. The molecule has 7 nitrogen and oxygen atoms in total. The molecule has 38 heavy (non-hydrogen) atoms. The Balaban J connectivity index is 1.29. The minimum atomic E-state index is -0.839. The molecule has 8 heteroatoms. The molecule has 4 N–H and O–H groups in total. The normalized spacial score (nSPS) is 23.6. The predicted molar refractivity (Wildman–Crippen MR) is 149 cm³/mol. The van der Waals surface area contributed by atoms with Crippen LogP contribution in [0.4, 0.5) is 5.69 Å². The molecule has 5 atom stereocenters. The van der Waals surface area contributed by atoms with E-state index in [0.717, 1.165) is 35.3 Å². The summed E-state index contributed by atoms with van der Waals surface area (Å²) in [6.07, 6.45) is -0.717. The number of nitrogens with one attached hydrogen (secondary N) is 2. The Bertz CT molecular complexity index is 1250. The molecule has 2 aliphatic rings. The van der Waals surface area contributed by atoms with E-state index in [1.807, 2.05) is 54.6 Å². The van der Waals surface area contributed by atoms with E-state index < -0.39 is 24.2 Å². The van der Waals surface area contributed by atoms with Crippen molar-refractivity contribution in [2.24, 2.45) is 5.92 Å². The molecule has 3 aromatic carbocycles. The smallest absolute Gasteiger partial charge is 0.240 e. The van der Waals surface area contributed by atoms with E-state index in [4.69, 9.17) is 16.4 Å². The summed E-state index contributed by atoms with van der Waals surface area (Å²) in [5.74, 6) is -0.430. The van der Waals surface area contributed by atoms with E-state index in [9.17, 15) is 15.0 Å². The average molecular weight is 536 g/mol. The third-order valence-corrected chi connectivity index (χ3v) is 7.78. The van der Waals surface area contributed by atoms with Crippen molar-refractivity contribution in [1.82, 2.24) is 10.4 Å². The van der Waals surface area contributed by atoms with Gasteiger partial charge in [0.15, 0.2) is 0 Å². The number of benzene rings is 3. The number of nitrogens with zero attached hydrogens (tertiary/aromatic N) is 1. The Labute approximate surface area is 228 Å². The summed E-state index contributed by atoms with van der Waals surface area (Å²) >= 11 is 6.05. The number of para-hydroxylation sites is 1. The number of aliphatic hydroxyl groups is 2. The Morgan fingerprint density at radius 1 is 1.13 bits per heavy atom. The summed E-state index contributed by atoms with van der Waals surface area (Å²) in [7, 11) is 0. The van der Waals surface area contributed by atoms with E-state index in [2.05, 4.69) is 28.8 Å². The van der Waals surface area contributed by atoms with Crippen molar-refractivity contribution in [1.29, 1.82) is 0 Å². The first kappa shape index (κ1) is 26.7. The Morgan fingerprint density at radius 3 is 2.68 bits per heavy atom. The van der Waals surface area contributed by atoms with E-state index in [0.29, 0.717) is 24.0 Å². The summed E-state index contributed by atoms with van der Waals surface area (Å²) in [6.45, 7) is 3.04. The summed E-state index contributed by atoms with van der Waals surface area (Å²) in [4.78, 5) is 19.6. The highest BCUT2D eigenvalue weighted by Gasteiger charge is 2.48. The van der Waals surface area contributed by atoms with E-state index in [1.54, 1.807) is 12.0 Å². The minimum Gasteiger partial charge on any atom is -0.396 e. The maximum absolute atomic E-state index is 13.5. The van der Waals surface area contributed by atoms with Crippen LogP contribution in [-0.2, 0) is 16.2 Å². The van der Waals surface area contributed by atoms with Gasteiger partial charge in [0.1, 0.15) is 12.1 Å². The number of hydrogen-bond donors (Lipinski definition) is 4. The van der Waals surface area contributed by atoms with Crippen LogP contribution >= 0.6 is 11.6 Å². The summed E-state index contributed by atoms with van der Waals surface area (Å²) in [6, 6.07) is 23.2. The average Bonchev–Trinajstić information content (AvgIpc) is 3.50. The molecule has 1 amide bonds. The van der Waals surface area contributed by atoms with Crippen LogP contribution in [0.5, 0.6) is 0 Å².